The summed E-state index contributed by atoms with van der Waals surface area (Å²) in [6.45, 7) is 4.15. The Labute approximate surface area is 184 Å². The van der Waals surface area contributed by atoms with E-state index in [0.717, 1.165) is 27.7 Å². The number of ether oxygens (including phenoxy) is 8. The second-order valence-corrected chi connectivity index (χ2v) is 7.17. The quantitative estimate of drug-likeness (QED) is 0.354. The molecule has 0 radical (unpaired) electrons. The van der Waals surface area contributed by atoms with Crippen LogP contribution in [0.5, 0.6) is 0 Å². The topological polar surface area (TPSA) is 162 Å². The van der Waals surface area contributed by atoms with E-state index in [-0.39, 0.29) is 13.2 Å². The van der Waals surface area contributed by atoms with Gasteiger partial charge in [-0.3, -0.25) is 19.2 Å². The van der Waals surface area contributed by atoms with Gasteiger partial charge in [-0.2, -0.15) is 0 Å². The van der Waals surface area contributed by atoms with Crippen molar-refractivity contribution >= 4 is 23.9 Å². The molecule has 2 rings (SSSR count). The Bertz CT molecular complexity index is 695. The summed E-state index contributed by atoms with van der Waals surface area (Å²) in [4.78, 5) is 46.1. The first-order valence-electron chi connectivity index (χ1n) is 9.81. The Morgan fingerprint density at radius 3 is 1.69 bits per heavy atom. The molecule has 0 saturated carbocycles. The summed E-state index contributed by atoms with van der Waals surface area (Å²) >= 11 is 0. The molecule has 0 amide bonds. The van der Waals surface area contributed by atoms with Gasteiger partial charge in [0.25, 0.3) is 0 Å². The van der Waals surface area contributed by atoms with Crippen LogP contribution in [-0.2, 0) is 57.1 Å². The van der Waals surface area contributed by atoms with E-state index >= 15 is 0 Å². The fraction of sp³-hybridized carbons (Fsp3) is 0.789. The SMILES string of the molecule is CO[C@H]1OC[C@@H](O[C@@H]2OC[C@H](OC(C)=O)[C@H](O)[C@@H]2OC(C)=O)[C@H](OC(C)=O)[C@@H]1OC(C)=O. The maximum atomic E-state index is 11.7. The van der Waals surface area contributed by atoms with Crippen molar-refractivity contribution in [2.75, 3.05) is 20.3 Å². The number of carbonyl (C=O) groups is 4. The van der Waals surface area contributed by atoms with Gasteiger partial charge in [-0.05, 0) is 0 Å². The van der Waals surface area contributed by atoms with E-state index in [1.165, 1.54) is 7.11 Å². The average molecular weight is 464 g/mol. The molecule has 0 bridgehead atoms. The van der Waals surface area contributed by atoms with E-state index in [9.17, 15) is 24.3 Å². The minimum absolute atomic E-state index is 0.176. The van der Waals surface area contributed by atoms with Crippen LogP contribution in [0, 0.1) is 0 Å². The lowest BCUT2D eigenvalue weighted by Gasteiger charge is -2.44. The van der Waals surface area contributed by atoms with Gasteiger partial charge < -0.3 is 43.0 Å². The van der Waals surface area contributed by atoms with Gasteiger partial charge in [0.15, 0.2) is 37.0 Å². The summed E-state index contributed by atoms with van der Waals surface area (Å²) in [6.07, 6.45) is -9.73. The first-order chi connectivity index (χ1) is 15.0. The van der Waals surface area contributed by atoms with Gasteiger partial charge in [-0.25, -0.2) is 0 Å². The van der Waals surface area contributed by atoms with Crippen molar-refractivity contribution in [3.05, 3.63) is 0 Å². The number of methoxy groups -OCH3 is 1. The van der Waals surface area contributed by atoms with Gasteiger partial charge in [-0.15, -0.1) is 0 Å². The first kappa shape index (κ1) is 25.9. The highest BCUT2D eigenvalue weighted by molar-refractivity contribution is 5.68. The van der Waals surface area contributed by atoms with Crippen LogP contribution < -0.4 is 0 Å². The van der Waals surface area contributed by atoms with E-state index in [0.29, 0.717) is 0 Å². The van der Waals surface area contributed by atoms with Crippen molar-refractivity contribution < 1.29 is 62.2 Å². The fourth-order valence-electron chi connectivity index (χ4n) is 3.39. The van der Waals surface area contributed by atoms with Crippen molar-refractivity contribution in [3.63, 3.8) is 0 Å². The molecule has 0 aliphatic carbocycles. The highest BCUT2D eigenvalue weighted by atomic mass is 16.8. The van der Waals surface area contributed by atoms with E-state index in [1.807, 2.05) is 0 Å². The van der Waals surface area contributed by atoms with E-state index < -0.39 is 73.1 Å². The van der Waals surface area contributed by atoms with Crippen molar-refractivity contribution in [1.29, 1.82) is 0 Å². The molecule has 0 aromatic heterocycles. The third-order valence-electron chi connectivity index (χ3n) is 4.56. The highest BCUT2D eigenvalue weighted by Crippen LogP contribution is 2.29. The van der Waals surface area contributed by atoms with Crippen molar-refractivity contribution in [2.24, 2.45) is 0 Å². The molecule has 1 N–H and O–H groups in total. The maximum Gasteiger partial charge on any atom is 0.303 e. The second kappa shape index (κ2) is 11.5. The molecule has 0 spiro atoms. The maximum absolute atomic E-state index is 11.7. The number of carbonyl (C=O) groups excluding carboxylic acids is 4. The van der Waals surface area contributed by atoms with Crippen LogP contribution in [0.4, 0.5) is 0 Å². The molecule has 182 valence electrons. The average Bonchev–Trinajstić information content (AvgIpc) is 2.68. The van der Waals surface area contributed by atoms with Crippen LogP contribution in [0.3, 0.4) is 0 Å². The van der Waals surface area contributed by atoms with E-state index in [4.69, 9.17) is 37.9 Å². The van der Waals surface area contributed by atoms with Crippen LogP contribution in [0.25, 0.3) is 0 Å². The Morgan fingerprint density at radius 1 is 0.688 bits per heavy atom. The summed E-state index contributed by atoms with van der Waals surface area (Å²) in [7, 11) is 1.32. The van der Waals surface area contributed by atoms with Crippen LogP contribution in [0.15, 0.2) is 0 Å². The molecule has 0 aromatic rings. The summed E-state index contributed by atoms with van der Waals surface area (Å²) in [6, 6.07) is 0. The molecule has 13 nitrogen and oxygen atoms in total. The normalized spacial score (nSPS) is 34.8. The Hall–Kier alpha value is -2.32. The van der Waals surface area contributed by atoms with Crippen molar-refractivity contribution in [3.8, 4) is 0 Å². The second-order valence-electron chi connectivity index (χ2n) is 7.17. The molecule has 2 aliphatic heterocycles. The van der Waals surface area contributed by atoms with Crippen LogP contribution in [-0.4, -0.2) is 98.5 Å². The number of aliphatic hydroxyl groups is 1. The van der Waals surface area contributed by atoms with Gasteiger partial charge in [0.1, 0.15) is 12.2 Å². The molecule has 2 heterocycles. The molecule has 8 atom stereocenters. The summed E-state index contributed by atoms with van der Waals surface area (Å²) in [5.41, 5.74) is 0. The molecule has 32 heavy (non-hydrogen) atoms. The largest absolute Gasteiger partial charge is 0.457 e. The molecule has 0 aromatic carbocycles. The minimum atomic E-state index is -1.46. The lowest BCUT2D eigenvalue weighted by molar-refractivity contribution is -0.329. The standard InChI is InChI=1S/C19H28O13/c1-8(20)28-12-6-27-19(16(14(12)24)30-10(3)22)32-13-7-26-18(25-5)17(31-11(4)23)15(13)29-9(2)21/h12-19,24H,6-7H2,1-5H3/t12-,13+,14-,15-,16-,17-,18-,19-/m0/s1. The zero-order valence-electron chi connectivity index (χ0n) is 18.4. The molecule has 2 saturated heterocycles. The van der Waals surface area contributed by atoms with Gasteiger partial charge in [0.2, 0.25) is 0 Å². The minimum Gasteiger partial charge on any atom is -0.457 e. The zero-order valence-corrected chi connectivity index (χ0v) is 18.4. The van der Waals surface area contributed by atoms with Crippen molar-refractivity contribution in [1.82, 2.24) is 0 Å². The lowest BCUT2D eigenvalue weighted by Crippen LogP contribution is -2.62. The third-order valence-corrected chi connectivity index (χ3v) is 4.56. The molecular weight excluding hydrogens is 436 g/mol. The fourth-order valence-corrected chi connectivity index (χ4v) is 3.39. The molecule has 2 aliphatic rings. The number of hydrogen-bond acceptors (Lipinski definition) is 13. The monoisotopic (exact) mass is 464 g/mol. The Kier molecular flexibility index (Phi) is 9.33. The summed E-state index contributed by atoms with van der Waals surface area (Å²) in [5, 5.41) is 10.6. The van der Waals surface area contributed by atoms with Gasteiger partial charge >= 0.3 is 23.9 Å². The van der Waals surface area contributed by atoms with Gasteiger partial charge in [0.05, 0.1) is 13.2 Å². The van der Waals surface area contributed by atoms with Crippen molar-refractivity contribution in [2.45, 2.75) is 76.9 Å². The van der Waals surface area contributed by atoms with Crippen LogP contribution >= 0.6 is 0 Å². The molecular formula is C19H28O13. The number of rotatable bonds is 7. The lowest BCUT2D eigenvalue weighted by atomic mass is 10.0. The zero-order chi connectivity index (χ0) is 24.0. The predicted molar refractivity (Wildman–Crippen MR) is 99.6 cm³/mol. The highest BCUT2D eigenvalue weighted by Gasteiger charge is 2.50. The predicted octanol–water partition coefficient (Wildman–Crippen LogP) is -1.18. The molecule has 2 fully saturated rings. The molecule has 0 unspecified atom stereocenters. The van der Waals surface area contributed by atoms with Gasteiger partial charge in [0, 0.05) is 34.8 Å². The molecule has 13 heteroatoms. The van der Waals surface area contributed by atoms with E-state index in [2.05, 4.69) is 0 Å². The Morgan fingerprint density at radius 2 is 1.16 bits per heavy atom. The summed E-state index contributed by atoms with van der Waals surface area (Å²) < 4.78 is 42.7. The Balaban J connectivity index is 2.25. The van der Waals surface area contributed by atoms with Crippen LogP contribution in [0.2, 0.25) is 0 Å². The smallest absolute Gasteiger partial charge is 0.303 e. The number of aliphatic hydroxyl groups excluding tert-OH is 1. The first-order valence-corrected chi connectivity index (χ1v) is 9.81. The third kappa shape index (κ3) is 6.84. The number of hydrogen-bond donors (Lipinski definition) is 1. The number of esters is 4. The van der Waals surface area contributed by atoms with Crippen LogP contribution in [0.1, 0.15) is 27.7 Å². The summed E-state index contributed by atoms with van der Waals surface area (Å²) in [5.74, 6) is -2.77. The van der Waals surface area contributed by atoms with Gasteiger partial charge in [-0.1, -0.05) is 0 Å². The van der Waals surface area contributed by atoms with E-state index in [1.54, 1.807) is 0 Å².